The number of halogens is 1. The number of anilines is 1. The van der Waals surface area contributed by atoms with Gasteiger partial charge < -0.3 is 15.2 Å². The van der Waals surface area contributed by atoms with Gasteiger partial charge in [0.2, 0.25) is 0 Å². The molecule has 1 aliphatic rings. The molecule has 1 unspecified atom stereocenters. The van der Waals surface area contributed by atoms with Gasteiger partial charge >= 0.3 is 6.08 Å². The minimum Gasteiger partial charge on any atom is -0.392 e. The zero-order valence-corrected chi connectivity index (χ0v) is 13.7. The van der Waals surface area contributed by atoms with Gasteiger partial charge in [-0.25, -0.2) is 4.98 Å². The van der Waals surface area contributed by atoms with Crippen molar-refractivity contribution < 1.29 is 14.2 Å². The maximum atomic E-state index is 13.9. The van der Waals surface area contributed by atoms with E-state index in [2.05, 4.69) is 20.3 Å². The number of hydrogen-bond acceptors (Lipinski definition) is 6. The highest BCUT2D eigenvalue weighted by atomic mass is 19.1. The third kappa shape index (κ3) is 3.70. The summed E-state index contributed by atoms with van der Waals surface area (Å²) < 4.78 is 21.5. The molecule has 2 aromatic rings. The Kier molecular flexibility index (Phi) is 5.37. The normalized spacial score (nSPS) is 19.5. The fourth-order valence-corrected chi connectivity index (χ4v) is 2.73. The SMILES string of the molecule is C/C(=C/CNc1nc(F)nc2c1ncn2C1CCCCCO1)CO. The first-order valence-corrected chi connectivity index (χ1v) is 8.21. The first-order chi connectivity index (χ1) is 11.7. The van der Waals surface area contributed by atoms with E-state index in [1.54, 1.807) is 10.9 Å². The van der Waals surface area contributed by atoms with Crippen molar-refractivity contribution in [3.8, 4) is 0 Å². The van der Waals surface area contributed by atoms with Crippen molar-refractivity contribution in [2.45, 2.75) is 38.8 Å². The molecule has 3 rings (SSSR count). The van der Waals surface area contributed by atoms with Gasteiger partial charge in [-0.3, -0.25) is 4.57 Å². The van der Waals surface area contributed by atoms with Gasteiger partial charge in [-0.05, 0) is 26.2 Å². The molecule has 1 aliphatic heterocycles. The van der Waals surface area contributed by atoms with Crippen LogP contribution in [-0.4, -0.2) is 44.4 Å². The van der Waals surface area contributed by atoms with E-state index < -0.39 is 6.08 Å². The summed E-state index contributed by atoms with van der Waals surface area (Å²) in [6, 6.07) is 0. The van der Waals surface area contributed by atoms with Gasteiger partial charge in [-0.1, -0.05) is 18.1 Å². The molecular formula is C16H22FN5O2. The lowest BCUT2D eigenvalue weighted by atomic mass is 10.2. The van der Waals surface area contributed by atoms with Gasteiger partial charge in [-0.15, -0.1) is 0 Å². The van der Waals surface area contributed by atoms with Crippen LogP contribution < -0.4 is 5.32 Å². The van der Waals surface area contributed by atoms with Crippen LogP contribution in [0.1, 0.15) is 38.8 Å². The summed E-state index contributed by atoms with van der Waals surface area (Å²) in [4.78, 5) is 12.1. The Morgan fingerprint density at radius 3 is 3.17 bits per heavy atom. The Balaban J connectivity index is 1.88. The van der Waals surface area contributed by atoms with E-state index in [-0.39, 0.29) is 12.8 Å². The zero-order valence-electron chi connectivity index (χ0n) is 13.7. The maximum Gasteiger partial charge on any atom is 0.312 e. The molecule has 3 heterocycles. The van der Waals surface area contributed by atoms with Gasteiger partial charge in [0.25, 0.3) is 0 Å². The van der Waals surface area contributed by atoms with E-state index in [0.717, 1.165) is 31.3 Å². The largest absolute Gasteiger partial charge is 0.392 e. The molecule has 1 fully saturated rings. The number of imidazole rings is 1. The molecule has 1 saturated heterocycles. The number of nitrogens with zero attached hydrogens (tertiary/aromatic N) is 4. The van der Waals surface area contributed by atoms with Crippen LogP contribution in [0, 0.1) is 6.08 Å². The van der Waals surface area contributed by atoms with E-state index in [1.165, 1.54) is 0 Å². The van der Waals surface area contributed by atoms with Gasteiger partial charge in [-0.2, -0.15) is 14.4 Å². The van der Waals surface area contributed by atoms with E-state index in [0.29, 0.717) is 30.1 Å². The first-order valence-electron chi connectivity index (χ1n) is 8.21. The van der Waals surface area contributed by atoms with Crippen molar-refractivity contribution in [1.29, 1.82) is 0 Å². The van der Waals surface area contributed by atoms with Gasteiger partial charge in [0.15, 0.2) is 17.0 Å². The summed E-state index contributed by atoms with van der Waals surface area (Å²) in [5, 5.41) is 12.0. The second-order valence-corrected chi connectivity index (χ2v) is 5.93. The van der Waals surface area contributed by atoms with Crippen molar-refractivity contribution in [3.05, 3.63) is 24.1 Å². The molecule has 2 aromatic heterocycles. The fourth-order valence-electron chi connectivity index (χ4n) is 2.73. The minimum atomic E-state index is -0.803. The molecule has 8 heteroatoms. The average Bonchev–Trinajstić information content (AvgIpc) is 2.81. The molecule has 0 spiro atoms. The van der Waals surface area contributed by atoms with Gasteiger partial charge in [0.1, 0.15) is 6.23 Å². The van der Waals surface area contributed by atoms with Crippen molar-refractivity contribution in [2.75, 3.05) is 25.1 Å². The molecular weight excluding hydrogens is 313 g/mol. The highest BCUT2D eigenvalue weighted by Crippen LogP contribution is 2.27. The molecule has 0 radical (unpaired) electrons. The number of aliphatic hydroxyl groups is 1. The van der Waals surface area contributed by atoms with Crippen LogP contribution in [0.5, 0.6) is 0 Å². The van der Waals surface area contributed by atoms with Crippen LogP contribution >= 0.6 is 0 Å². The van der Waals surface area contributed by atoms with Crippen molar-refractivity contribution >= 4 is 17.0 Å². The number of aromatic nitrogens is 4. The number of fused-ring (bicyclic) bond motifs is 1. The topological polar surface area (TPSA) is 85.1 Å². The summed E-state index contributed by atoms with van der Waals surface area (Å²) in [7, 11) is 0. The first kappa shape index (κ1) is 16.8. The van der Waals surface area contributed by atoms with Crippen LogP contribution in [0.15, 0.2) is 18.0 Å². The average molecular weight is 335 g/mol. The predicted molar refractivity (Wildman–Crippen MR) is 88.1 cm³/mol. The Bertz CT molecular complexity index is 723. The van der Waals surface area contributed by atoms with Crippen LogP contribution in [0.4, 0.5) is 10.2 Å². The smallest absolute Gasteiger partial charge is 0.312 e. The van der Waals surface area contributed by atoms with E-state index in [4.69, 9.17) is 9.84 Å². The monoisotopic (exact) mass is 335 g/mol. The number of ether oxygens (including phenoxy) is 1. The Morgan fingerprint density at radius 1 is 1.46 bits per heavy atom. The molecule has 2 N–H and O–H groups in total. The number of aliphatic hydroxyl groups excluding tert-OH is 1. The molecule has 130 valence electrons. The van der Waals surface area contributed by atoms with Crippen molar-refractivity contribution in [1.82, 2.24) is 19.5 Å². The van der Waals surface area contributed by atoms with Crippen LogP contribution in [0.25, 0.3) is 11.2 Å². The Labute approximate surface area is 139 Å². The van der Waals surface area contributed by atoms with Gasteiger partial charge in [0, 0.05) is 13.2 Å². The third-order valence-electron chi connectivity index (χ3n) is 4.08. The molecule has 7 nitrogen and oxygen atoms in total. The van der Waals surface area contributed by atoms with Crippen molar-refractivity contribution in [2.24, 2.45) is 0 Å². The van der Waals surface area contributed by atoms with Crippen molar-refractivity contribution in [3.63, 3.8) is 0 Å². The summed E-state index contributed by atoms with van der Waals surface area (Å²) in [5.41, 5.74) is 1.77. The molecule has 0 amide bonds. The van der Waals surface area contributed by atoms with Crippen LogP contribution in [0.3, 0.4) is 0 Å². The second kappa shape index (κ2) is 7.67. The summed E-state index contributed by atoms with van der Waals surface area (Å²) in [5.74, 6) is 0.340. The molecule has 0 aliphatic carbocycles. The van der Waals surface area contributed by atoms with E-state index >= 15 is 0 Å². The standard InChI is InChI=1S/C16H22FN5O2/c1-11(9-23)6-7-18-14-13-15(21-16(17)20-14)22(10-19-13)12-5-3-2-4-8-24-12/h6,10,12,23H,2-5,7-9H2,1H3,(H,18,20,21)/b11-6-. The number of rotatable bonds is 5. The Morgan fingerprint density at radius 2 is 2.33 bits per heavy atom. The number of hydrogen-bond donors (Lipinski definition) is 2. The summed E-state index contributed by atoms with van der Waals surface area (Å²) >= 11 is 0. The van der Waals surface area contributed by atoms with Crippen LogP contribution in [-0.2, 0) is 4.74 Å². The van der Waals surface area contributed by atoms with E-state index in [9.17, 15) is 4.39 Å². The highest BCUT2D eigenvalue weighted by Gasteiger charge is 2.20. The molecule has 1 atom stereocenters. The molecule has 0 saturated carbocycles. The molecule has 0 bridgehead atoms. The predicted octanol–water partition coefficient (Wildman–Crippen LogP) is 2.41. The molecule has 24 heavy (non-hydrogen) atoms. The second-order valence-electron chi connectivity index (χ2n) is 5.93. The zero-order chi connectivity index (χ0) is 16.9. The summed E-state index contributed by atoms with van der Waals surface area (Å²) in [6.07, 6.45) is 6.57. The lowest BCUT2D eigenvalue weighted by Crippen LogP contribution is -2.12. The minimum absolute atomic E-state index is 0.0110. The van der Waals surface area contributed by atoms with Gasteiger partial charge in [0.05, 0.1) is 12.9 Å². The van der Waals surface area contributed by atoms with E-state index in [1.807, 2.05) is 13.0 Å². The number of nitrogens with one attached hydrogen (secondary N) is 1. The maximum absolute atomic E-state index is 13.9. The highest BCUT2D eigenvalue weighted by molar-refractivity contribution is 5.82. The summed E-state index contributed by atoms with van der Waals surface area (Å²) in [6.45, 7) is 2.91. The third-order valence-corrected chi connectivity index (χ3v) is 4.08. The quantitative estimate of drug-likeness (QED) is 0.645. The fraction of sp³-hybridized carbons (Fsp3) is 0.562. The molecule has 0 aromatic carbocycles. The lowest BCUT2D eigenvalue weighted by Gasteiger charge is -2.16. The lowest BCUT2D eigenvalue weighted by molar-refractivity contribution is 0.00928. The Hall–Kier alpha value is -2.06. The van der Waals surface area contributed by atoms with Crippen LogP contribution in [0.2, 0.25) is 0 Å².